The number of likely N-dealkylation sites (tertiary alicyclic amines) is 1. The molecule has 1 aliphatic carbocycles. The van der Waals surface area contributed by atoms with Crippen LogP contribution in [0.2, 0.25) is 0 Å². The van der Waals surface area contributed by atoms with Crippen molar-refractivity contribution < 1.29 is 9.59 Å². The Balaban J connectivity index is 1.45. The molecule has 0 unspecified atom stereocenters. The van der Waals surface area contributed by atoms with E-state index < -0.39 is 0 Å². The van der Waals surface area contributed by atoms with Crippen molar-refractivity contribution in [1.82, 2.24) is 9.80 Å². The topological polar surface area (TPSA) is 40.6 Å². The maximum Gasteiger partial charge on any atom is 0.254 e. The van der Waals surface area contributed by atoms with Crippen molar-refractivity contribution >= 4 is 11.8 Å². The van der Waals surface area contributed by atoms with E-state index in [1.165, 1.54) is 0 Å². The highest BCUT2D eigenvalue weighted by molar-refractivity contribution is 5.94. The lowest BCUT2D eigenvalue weighted by Crippen LogP contribution is -2.32. The van der Waals surface area contributed by atoms with E-state index in [0.717, 1.165) is 42.5 Å². The van der Waals surface area contributed by atoms with E-state index in [2.05, 4.69) is 12.1 Å². The second-order valence-corrected chi connectivity index (χ2v) is 7.27. The van der Waals surface area contributed by atoms with Gasteiger partial charge in [-0.2, -0.15) is 0 Å². The third kappa shape index (κ3) is 3.79. The molecule has 1 saturated heterocycles. The summed E-state index contributed by atoms with van der Waals surface area (Å²) in [5, 5.41) is 0. The standard InChI is InChI=1S/C22H24N2O2/c25-21-7-4-14-23(21)15-18-8-10-19(11-9-18)22(26)24(20-12-13-20)16-17-5-2-1-3-6-17/h1-3,5-6,8-11,20H,4,7,12-16H2. The summed E-state index contributed by atoms with van der Waals surface area (Å²) in [6.07, 6.45) is 3.79. The fourth-order valence-corrected chi connectivity index (χ4v) is 3.54. The molecule has 2 fully saturated rings. The molecule has 1 aliphatic heterocycles. The first kappa shape index (κ1) is 16.8. The predicted molar refractivity (Wildman–Crippen MR) is 100 cm³/mol. The van der Waals surface area contributed by atoms with Crippen LogP contribution in [0, 0.1) is 0 Å². The molecule has 0 radical (unpaired) electrons. The summed E-state index contributed by atoms with van der Waals surface area (Å²) in [6, 6.07) is 18.3. The first-order valence-electron chi connectivity index (χ1n) is 9.42. The molecular formula is C22H24N2O2. The van der Waals surface area contributed by atoms with Crippen molar-refractivity contribution in [1.29, 1.82) is 0 Å². The lowest BCUT2D eigenvalue weighted by Gasteiger charge is -2.23. The van der Waals surface area contributed by atoms with Crippen molar-refractivity contribution in [3.05, 3.63) is 71.3 Å². The molecule has 0 bridgehead atoms. The highest BCUT2D eigenvalue weighted by Crippen LogP contribution is 2.30. The van der Waals surface area contributed by atoms with Gasteiger partial charge in [0.25, 0.3) is 5.91 Å². The van der Waals surface area contributed by atoms with Gasteiger partial charge in [0, 0.05) is 37.7 Å². The van der Waals surface area contributed by atoms with Crippen molar-refractivity contribution in [2.75, 3.05) is 6.54 Å². The number of nitrogens with zero attached hydrogens (tertiary/aromatic N) is 2. The number of benzene rings is 2. The second-order valence-electron chi connectivity index (χ2n) is 7.27. The molecule has 0 spiro atoms. The van der Waals surface area contributed by atoms with Gasteiger partial charge in [-0.25, -0.2) is 0 Å². The minimum absolute atomic E-state index is 0.0974. The predicted octanol–water partition coefficient (Wildman–Crippen LogP) is 3.61. The highest BCUT2D eigenvalue weighted by Gasteiger charge is 2.33. The van der Waals surface area contributed by atoms with Crippen LogP contribution >= 0.6 is 0 Å². The van der Waals surface area contributed by atoms with Crippen LogP contribution in [0.5, 0.6) is 0 Å². The molecule has 2 aromatic carbocycles. The molecule has 0 atom stereocenters. The normalized spacial score (nSPS) is 16.8. The number of hydrogen-bond acceptors (Lipinski definition) is 2. The largest absolute Gasteiger partial charge is 0.338 e. The van der Waals surface area contributed by atoms with E-state index in [9.17, 15) is 9.59 Å². The molecule has 1 heterocycles. The van der Waals surface area contributed by atoms with Gasteiger partial charge in [-0.05, 0) is 42.5 Å². The minimum atomic E-state index is 0.0974. The molecule has 4 nitrogen and oxygen atoms in total. The van der Waals surface area contributed by atoms with Gasteiger partial charge in [0.05, 0.1) is 0 Å². The lowest BCUT2D eigenvalue weighted by atomic mass is 10.1. The van der Waals surface area contributed by atoms with Gasteiger partial charge in [0.1, 0.15) is 0 Å². The molecular weight excluding hydrogens is 324 g/mol. The molecule has 2 amide bonds. The average Bonchev–Trinajstić information content (AvgIpc) is 3.44. The summed E-state index contributed by atoms with van der Waals surface area (Å²) >= 11 is 0. The molecule has 134 valence electrons. The van der Waals surface area contributed by atoms with Gasteiger partial charge in [0.15, 0.2) is 0 Å². The lowest BCUT2D eigenvalue weighted by molar-refractivity contribution is -0.128. The average molecular weight is 348 g/mol. The van der Waals surface area contributed by atoms with Crippen molar-refractivity contribution in [3.8, 4) is 0 Å². The number of hydrogen-bond donors (Lipinski definition) is 0. The summed E-state index contributed by atoms with van der Waals surface area (Å²) < 4.78 is 0. The highest BCUT2D eigenvalue weighted by atomic mass is 16.2. The molecule has 4 rings (SSSR count). The van der Waals surface area contributed by atoms with Gasteiger partial charge >= 0.3 is 0 Å². The van der Waals surface area contributed by atoms with Gasteiger partial charge in [-0.1, -0.05) is 42.5 Å². The molecule has 0 N–H and O–H groups in total. The molecule has 0 aromatic heterocycles. The van der Waals surface area contributed by atoms with E-state index in [4.69, 9.17) is 0 Å². The Hall–Kier alpha value is -2.62. The molecule has 4 heteroatoms. The van der Waals surface area contributed by atoms with Crippen LogP contribution < -0.4 is 0 Å². The number of carbonyl (C=O) groups is 2. The van der Waals surface area contributed by atoms with Gasteiger partial charge < -0.3 is 9.80 Å². The maximum absolute atomic E-state index is 13.0. The summed E-state index contributed by atoms with van der Waals surface area (Å²) in [6.45, 7) is 2.14. The van der Waals surface area contributed by atoms with E-state index >= 15 is 0 Å². The van der Waals surface area contributed by atoms with Crippen LogP contribution in [-0.4, -0.2) is 34.2 Å². The maximum atomic E-state index is 13.0. The number of amides is 2. The Labute approximate surface area is 154 Å². The summed E-state index contributed by atoms with van der Waals surface area (Å²) in [5.41, 5.74) is 2.97. The quantitative estimate of drug-likeness (QED) is 0.800. The van der Waals surface area contributed by atoms with Crippen LogP contribution in [-0.2, 0) is 17.9 Å². The minimum Gasteiger partial charge on any atom is -0.338 e. The van der Waals surface area contributed by atoms with Gasteiger partial charge in [-0.15, -0.1) is 0 Å². The van der Waals surface area contributed by atoms with Crippen LogP contribution in [0.25, 0.3) is 0 Å². The van der Waals surface area contributed by atoms with E-state index in [0.29, 0.717) is 25.6 Å². The van der Waals surface area contributed by atoms with Gasteiger partial charge in [-0.3, -0.25) is 9.59 Å². The monoisotopic (exact) mass is 348 g/mol. The number of rotatable bonds is 6. The van der Waals surface area contributed by atoms with Crippen LogP contribution in [0.15, 0.2) is 54.6 Å². The molecule has 2 aliphatic rings. The summed E-state index contributed by atoms with van der Waals surface area (Å²) in [4.78, 5) is 28.6. The number of carbonyl (C=O) groups excluding carboxylic acids is 2. The first-order valence-corrected chi connectivity index (χ1v) is 9.42. The fraction of sp³-hybridized carbons (Fsp3) is 0.364. The summed E-state index contributed by atoms with van der Waals surface area (Å²) in [7, 11) is 0. The van der Waals surface area contributed by atoms with Crippen molar-refractivity contribution in [2.24, 2.45) is 0 Å². The SMILES string of the molecule is O=C1CCCN1Cc1ccc(C(=O)N(Cc2ccccc2)C2CC2)cc1. The van der Waals surface area contributed by atoms with E-state index in [-0.39, 0.29) is 11.8 Å². The molecule has 26 heavy (non-hydrogen) atoms. The Bertz CT molecular complexity index is 782. The van der Waals surface area contributed by atoms with Crippen LogP contribution in [0.3, 0.4) is 0 Å². The van der Waals surface area contributed by atoms with Crippen molar-refractivity contribution in [3.63, 3.8) is 0 Å². The van der Waals surface area contributed by atoms with Crippen LogP contribution in [0.4, 0.5) is 0 Å². The second kappa shape index (κ2) is 7.32. The van der Waals surface area contributed by atoms with Crippen LogP contribution in [0.1, 0.15) is 47.2 Å². The zero-order valence-corrected chi connectivity index (χ0v) is 14.9. The van der Waals surface area contributed by atoms with Crippen molar-refractivity contribution in [2.45, 2.75) is 44.8 Å². The zero-order chi connectivity index (χ0) is 17.9. The fourth-order valence-electron chi connectivity index (χ4n) is 3.54. The van der Waals surface area contributed by atoms with E-state index in [1.54, 1.807) is 0 Å². The zero-order valence-electron chi connectivity index (χ0n) is 14.9. The van der Waals surface area contributed by atoms with E-state index in [1.807, 2.05) is 52.3 Å². The smallest absolute Gasteiger partial charge is 0.254 e. The third-order valence-electron chi connectivity index (χ3n) is 5.19. The first-order chi connectivity index (χ1) is 12.7. The third-order valence-corrected chi connectivity index (χ3v) is 5.19. The Kier molecular flexibility index (Phi) is 4.74. The Morgan fingerprint density at radius 3 is 2.35 bits per heavy atom. The molecule has 1 saturated carbocycles. The Morgan fingerprint density at radius 2 is 1.73 bits per heavy atom. The molecule has 2 aromatic rings. The van der Waals surface area contributed by atoms with Gasteiger partial charge in [0.2, 0.25) is 5.91 Å². The summed E-state index contributed by atoms with van der Waals surface area (Å²) in [5.74, 6) is 0.327. The Morgan fingerprint density at radius 1 is 1.00 bits per heavy atom.